The van der Waals surface area contributed by atoms with Crippen molar-refractivity contribution in [3.8, 4) is 0 Å². The number of esters is 2. The number of carbonyl (C=O) groups is 2. The van der Waals surface area contributed by atoms with E-state index in [1.165, 1.54) is 302 Å². The van der Waals surface area contributed by atoms with Gasteiger partial charge in [0.2, 0.25) is 0 Å². The van der Waals surface area contributed by atoms with Gasteiger partial charge in [-0.25, -0.2) is 0 Å². The highest BCUT2D eigenvalue weighted by atomic mass is 16.6. The van der Waals surface area contributed by atoms with Crippen LogP contribution in [0.3, 0.4) is 0 Å². The predicted molar refractivity (Wildman–Crippen MR) is 357 cm³/mol. The first-order valence-electron chi connectivity index (χ1n) is 36.3. The van der Waals surface area contributed by atoms with E-state index in [2.05, 4.69) is 74.6 Å². The number of allylic oxidation sites excluding steroid dienone is 10. The van der Waals surface area contributed by atoms with Gasteiger partial charge in [-0.05, 0) is 57.8 Å². The highest BCUT2D eigenvalue weighted by Gasteiger charge is 2.16. The fourth-order valence-electron chi connectivity index (χ4n) is 11.2. The lowest BCUT2D eigenvalue weighted by atomic mass is 10.0. The summed E-state index contributed by atoms with van der Waals surface area (Å²) in [6, 6.07) is 0. The summed E-state index contributed by atoms with van der Waals surface area (Å²) in [5, 5.41) is 9.71. The summed E-state index contributed by atoms with van der Waals surface area (Å²) in [5.74, 6) is -0.566. The van der Waals surface area contributed by atoms with Gasteiger partial charge in [-0.2, -0.15) is 0 Å². The van der Waals surface area contributed by atoms with Crippen LogP contribution in [0.2, 0.25) is 0 Å². The Hall–Kier alpha value is -2.40. The monoisotopic (exact) mass is 1130 g/mol. The van der Waals surface area contributed by atoms with Crippen LogP contribution in [0.5, 0.6) is 0 Å². The van der Waals surface area contributed by atoms with Crippen LogP contribution in [-0.2, 0) is 19.1 Å². The van der Waals surface area contributed by atoms with Crippen LogP contribution in [0.15, 0.2) is 60.8 Å². The predicted octanol–water partition coefficient (Wildman–Crippen LogP) is 25.3. The number of unbranched alkanes of at least 4 members (excludes halogenated alkanes) is 50. The van der Waals surface area contributed by atoms with E-state index in [1.54, 1.807) is 0 Å². The Balaban J connectivity index is 3.39. The standard InChI is InChI=1S/C76H140O5/c1-3-5-7-9-11-13-15-17-19-21-23-25-27-29-31-33-35-36-37-38-39-40-41-43-45-47-49-51-53-55-57-59-61-63-65-67-69-71-76(79)81-74(72-77)73-80-75(78)70-68-66-64-62-60-58-56-54-52-50-48-46-44-42-34-32-30-28-26-24-22-20-18-16-14-12-10-8-6-4-2/h5,7,11,13,17,19,23,25,29,31,74,77H,3-4,6,8-10,12,14-16,18,20-22,24,26-28,30,32-73H2,1-2H3/b7-5-,13-11-,19-17-,25-23-,31-29-. The first kappa shape index (κ1) is 78.6. The lowest BCUT2D eigenvalue weighted by Gasteiger charge is -2.15. The molecule has 0 heterocycles. The Kier molecular flexibility index (Phi) is 69.7. The maximum Gasteiger partial charge on any atom is 0.306 e. The first-order valence-corrected chi connectivity index (χ1v) is 36.3. The van der Waals surface area contributed by atoms with Crippen molar-refractivity contribution in [1.82, 2.24) is 0 Å². The summed E-state index contributed by atoms with van der Waals surface area (Å²) in [5.41, 5.74) is 0. The van der Waals surface area contributed by atoms with Crippen LogP contribution in [0.4, 0.5) is 0 Å². The quantitative estimate of drug-likeness (QED) is 0.0373. The zero-order valence-corrected chi connectivity index (χ0v) is 54.6. The zero-order chi connectivity index (χ0) is 58.4. The summed E-state index contributed by atoms with van der Waals surface area (Å²) in [7, 11) is 0. The molecule has 0 aliphatic heterocycles. The largest absolute Gasteiger partial charge is 0.462 e. The van der Waals surface area contributed by atoms with Crippen molar-refractivity contribution in [2.75, 3.05) is 13.2 Å². The van der Waals surface area contributed by atoms with Crippen LogP contribution >= 0.6 is 0 Å². The molecule has 0 aliphatic rings. The Labute approximate surface area is 506 Å². The number of hydrogen-bond acceptors (Lipinski definition) is 5. The Morgan fingerprint density at radius 3 is 0.802 bits per heavy atom. The first-order chi connectivity index (χ1) is 40.1. The fourth-order valence-corrected chi connectivity index (χ4v) is 11.2. The van der Waals surface area contributed by atoms with Gasteiger partial charge >= 0.3 is 11.9 Å². The van der Waals surface area contributed by atoms with Crippen LogP contribution in [0.25, 0.3) is 0 Å². The van der Waals surface area contributed by atoms with E-state index in [0.29, 0.717) is 12.8 Å². The summed E-state index contributed by atoms with van der Waals surface area (Å²) in [4.78, 5) is 24.7. The number of carbonyl (C=O) groups excluding carboxylic acids is 2. The van der Waals surface area contributed by atoms with Crippen molar-refractivity contribution < 1.29 is 24.2 Å². The molecule has 5 heteroatoms. The molecule has 0 amide bonds. The molecule has 0 bridgehead atoms. The molecule has 0 aromatic carbocycles. The lowest BCUT2D eigenvalue weighted by Crippen LogP contribution is -2.28. The smallest absolute Gasteiger partial charge is 0.306 e. The Bertz CT molecular complexity index is 1380. The molecule has 5 nitrogen and oxygen atoms in total. The second kappa shape index (κ2) is 71.9. The third-order valence-electron chi connectivity index (χ3n) is 16.6. The molecule has 0 aromatic rings. The normalized spacial score (nSPS) is 12.5. The number of aliphatic hydroxyl groups excluding tert-OH is 1. The molecule has 0 spiro atoms. The number of ether oxygens (including phenoxy) is 2. The number of hydrogen-bond donors (Lipinski definition) is 1. The maximum absolute atomic E-state index is 12.4. The highest BCUT2D eigenvalue weighted by Crippen LogP contribution is 2.19. The van der Waals surface area contributed by atoms with Crippen molar-refractivity contribution >= 4 is 11.9 Å². The molecule has 0 radical (unpaired) electrons. The third kappa shape index (κ3) is 70.0. The average molecular weight is 1130 g/mol. The van der Waals surface area contributed by atoms with Gasteiger partial charge in [0.15, 0.2) is 6.10 Å². The van der Waals surface area contributed by atoms with Gasteiger partial charge in [0.25, 0.3) is 0 Å². The topological polar surface area (TPSA) is 72.8 Å². The summed E-state index contributed by atoms with van der Waals surface area (Å²) in [6.07, 6.45) is 98.5. The highest BCUT2D eigenvalue weighted by molar-refractivity contribution is 5.70. The van der Waals surface area contributed by atoms with Crippen LogP contribution in [-0.4, -0.2) is 36.4 Å². The van der Waals surface area contributed by atoms with Gasteiger partial charge in [-0.3, -0.25) is 9.59 Å². The molecular weight excluding hydrogens is 993 g/mol. The molecule has 1 unspecified atom stereocenters. The summed E-state index contributed by atoms with van der Waals surface area (Å²) >= 11 is 0. The molecule has 0 fully saturated rings. The molecule has 1 atom stereocenters. The van der Waals surface area contributed by atoms with E-state index in [9.17, 15) is 14.7 Å². The molecule has 0 aromatic heterocycles. The number of aliphatic hydroxyl groups is 1. The van der Waals surface area contributed by atoms with Crippen LogP contribution in [0.1, 0.15) is 393 Å². The van der Waals surface area contributed by atoms with E-state index >= 15 is 0 Å². The van der Waals surface area contributed by atoms with E-state index in [1.807, 2.05) is 0 Å². The lowest BCUT2D eigenvalue weighted by molar-refractivity contribution is -0.161. The van der Waals surface area contributed by atoms with Gasteiger partial charge in [0.05, 0.1) is 6.61 Å². The van der Waals surface area contributed by atoms with E-state index in [4.69, 9.17) is 9.47 Å². The van der Waals surface area contributed by atoms with Gasteiger partial charge in [-0.1, -0.05) is 383 Å². The molecule has 0 rings (SSSR count). The SMILES string of the molecule is CC/C=C\C/C=C\C/C=C\C/C=C\C/C=C\CCCCCCCCCCCCCCCCCCCCCCCC(=O)OC(CO)COC(=O)CCCCCCCCCCCCCCCCCCCCCCCCCCCCCCCC. The Morgan fingerprint density at radius 1 is 0.296 bits per heavy atom. The van der Waals surface area contributed by atoms with Gasteiger partial charge in [-0.15, -0.1) is 0 Å². The minimum atomic E-state index is -0.771. The fraction of sp³-hybridized carbons (Fsp3) is 0.842. The van der Waals surface area contributed by atoms with Crippen molar-refractivity contribution in [3.63, 3.8) is 0 Å². The van der Waals surface area contributed by atoms with E-state index in [0.717, 1.165) is 64.2 Å². The molecule has 0 saturated carbocycles. The minimum Gasteiger partial charge on any atom is -0.462 e. The van der Waals surface area contributed by atoms with Crippen LogP contribution < -0.4 is 0 Å². The number of rotatable bonds is 68. The molecule has 1 N–H and O–H groups in total. The molecular formula is C76H140O5. The van der Waals surface area contributed by atoms with E-state index < -0.39 is 6.10 Å². The van der Waals surface area contributed by atoms with E-state index in [-0.39, 0.29) is 25.2 Å². The van der Waals surface area contributed by atoms with Crippen molar-refractivity contribution in [1.29, 1.82) is 0 Å². The molecule has 474 valence electrons. The van der Waals surface area contributed by atoms with Gasteiger partial charge < -0.3 is 14.6 Å². The second-order valence-corrected chi connectivity index (χ2v) is 24.7. The van der Waals surface area contributed by atoms with Crippen molar-refractivity contribution in [2.24, 2.45) is 0 Å². The van der Waals surface area contributed by atoms with Crippen LogP contribution in [0, 0.1) is 0 Å². The maximum atomic E-state index is 12.4. The zero-order valence-electron chi connectivity index (χ0n) is 54.6. The minimum absolute atomic E-state index is 0.0596. The summed E-state index contributed by atoms with van der Waals surface area (Å²) in [6.45, 7) is 4.09. The van der Waals surface area contributed by atoms with Crippen molar-refractivity contribution in [3.05, 3.63) is 60.8 Å². The summed E-state index contributed by atoms with van der Waals surface area (Å²) < 4.78 is 10.8. The molecule has 81 heavy (non-hydrogen) atoms. The molecule has 0 aliphatic carbocycles. The molecule has 0 saturated heterocycles. The Morgan fingerprint density at radius 2 is 0.531 bits per heavy atom. The average Bonchev–Trinajstić information content (AvgIpc) is 3.47. The van der Waals surface area contributed by atoms with Crippen molar-refractivity contribution in [2.45, 2.75) is 399 Å². The van der Waals surface area contributed by atoms with Gasteiger partial charge in [0, 0.05) is 12.8 Å². The second-order valence-electron chi connectivity index (χ2n) is 24.7. The third-order valence-corrected chi connectivity index (χ3v) is 16.6. The van der Waals surface area contributed by atoms with Gasteiger partial charge in [0.1, 0.15) is 6.61 Å².